The third kappa shape index (κ3) is 2.97. The Labute approximate surface area is 93.8 Å². The number of anilines is 1. The second-order valence-corrected chi connectivity index (χ2v) is 3.08. The molecule has 0 unspecified atom stereocenters. The van der Waals surface area contributed by atoms with Gasteiger partial charge in [-0.2, -0.15) is 0 Å². The van der Waals surface area contributed by atoms with Crippen molar-refractivity contribution in [3.8, 4) is 11.8 Å². The first kappa shape index (κ1) is 12.0. The molecule has 0 fully saturated rings. The molecule has 0 amide bonds. The number of rotatable bonds is 3. The van der Waals surface area contributed by atoms with Crippen LogP contribution in [0.5, 0.6) is 0 Å². The van der Waals surface area contributed by atoms with Crippen molar-refractivity contribution in [3.05, 3.63) is 33.9 Å². The fraction of sp³-hybridized carbons (Fsp3) is 0.273. The van der Waals surface area contributed by atoms with Gasteiger partial charge in [0.05, 0.1) is 4.92 Å². The quantitative estimate of drug-likeness (QED) is 0.456. The van der Waals surface area contributed by atoms with Crippen LogP contribution in [0, 0.1) is 22.0 Å². The zero-order chi connectivity index (χ0) is 12.0. The lowest BCUT2D eigenvalue weighted by Crippen LogP contribution is -1.97. The minimum atomic E-state index is -0.431. The number of nitrogens with one attached hydrogen (secondary N) is 1. The van der Waals surface area contributed by atoms with Crippen LogP contribution in [-0.2, 0) is 0 Å². The minimum Gasteiger partial charge on any atom is -0.383 e. The standard InChI is InChI=1S/C11H13N3O2/c1-13-10-6-5-9(4-2-3-7-12)8-11(10)14(15)16/h5-6,8,13H,3,7,12H2,1H3. The van der Waals surface area contributed by atoms with Crippen molar-refractivity contribution in [1.29, 1.82) is 0 Å². The molecule has 1 rings (SSSR count). The second kappa shape index (κ2) is 5.73. The number of nitrogens with zero attached hydrogens (tertiary/aromatic N) is 1. The first-order chi connectivity index (χ1) is 7.69. The smallest absolute Gasteiger partial charge is 0.293 e. The van der Waals surface area contributed by atoms with E-state index in [0.717, 1.165) is 0 Å². The van der Waals surface area contributed by atoms with E-state index in [1.807, 2.05) is 0 Å². The van der Waals surface area contributed by atoms with Crippen LogP contribution in [0.15, 0.2) is 18.2 Å². The molecule has 0 bridgehead atoms. The Morgan fingerprint density at radius 3 is 2.88 bits per heavy atom. The molecule has 5 heteroatoms. The molecule has 0 aromatic heterocycles. The molecule has 0 spiro atoms. The van der Waals surface area contributed by atoms with Crippen molar-refractivity contribution < 1.29 is 4.92 Å². The van der Waals surface area contributed by atoms with Gasteiger partial charge in [-0.1, -0.05) is 11.8 Å². The van der Waals surface area contributed by atoms with E-state index in [4.69, 9.17) is 5.73 Å². The highest BCUT2D eigenvalue weighted by Gasteiger charge is 2.12. The van der Waals surface area contributed by atoms with E-state index in [1.54, 1.807) is 19.2 Å². The Morgan fingerprint density at radius 2 is 2.31 bits per heavy atom. The van der Waals surface area contributed by atoms with Crippen molar-refractivity contribution in [2.45, 2.75) is 6.42 Å². The minimum absolute atomic E-state index is 0.0297. The van der Waals surface area contributed by atoms with Gasteiger partial charge < -0.3 is 11.1 Å². The van der Waals surface area contributed by atoms with Gasteiger partial charge in [-0.15, -0.1) is 0 Å². The SMILES string of the molecule is CNc1ccc(C#CCCN)cc1[N+](=O)[O-]. The van der Waals surface area contributed by atoms with E-state index < -0.39 is 4.92 Å². The number of hydrogen-bond donors (Lipinski definition) is 2. The summed E-state index contributed by atoms with van der Waals surface area (Å²) < 4.78 is 0. The molecule has 0 saturated heterocycles. The van der Waals surface area contributed by atoms with E-state index in [-0.39, 0.29) is 5.69 Å². The van der Waals surface area contributed by atoms with Crippen molar-refractivity contribution in [1.82, 2.24) is 0 Å². The number of hydrogen-bond acceptors (Lipinski definition) is 4. The Kier molecular flexibility index (Phi) is 4.30. The summed E-state index contributed by atoms with van der Waals surface area (Å²) in [5.41, 5.74) is 6.43. The van der Waals surface area contributed by atoms with Crippen LogP contribution in [0.3, 0.4) is 0 Å². The van der Waals surface area contributed by atoms with Crippen molar-refractivity contribution in [2.24, 2.45) is 5.73 Å². The molecule has 0 aliphatic carbocycles. The van der Waals surface area contributed by atoms with Crippen LogP contribution in [0.2, 0.25) is 0 Å². The number of nitro groups is 1. The summed E-state index contributed by atoms with van der Waals surface area (Å²) in [4.78, 5) is 10.3. The summed E-state index contributed by atoms with van der Waals surface area (Å²) in [5.74, 6) is 5.67. The molecule has 0 atom stereocenters. The van der Waals surface area contributed by atoms with E-state index in [0.29, 0.717) is 24.2 Å². The molecule has 0 aliphatic rings. The lowest BCUT2D eigenvalue weighted by molar-refractivity contribution is -0.384. The Bertz CT molecular complexity index is 446. The summed E-state index contributed by atoms with van der Waals surface area (Å²) in [7, 11) is 1.64. The van der Waals surface area contributed by atoms with Crippen LogP contribution in [0.25, 0.3) is 0 Å². The zero-order valence-electron chi connectivity index (χ0n) is 8.99. The average molecular weight is 219 g/mol. The molecule has 5 nitrogen and oxygen atoms in total. The number of nitro benzene ring substituents is 1. The fourth-order valence-corrected chi connectivity index (χ4v) is 1.21. The summed E-state index contributed by atoms with van der Waals surface area (Å²) in [6, 6.07) is 4.84. The largest absolute Gasteiger partial charge is 0.383 e. The average Bonchev–Trinajstić information content (AvgIpc) is 2.29. The van der Waals surface area contributed by atoms with Gasteiger partial charge >= 0.3 is 0 Å². The molecule has 0 radical (unpaired) electrons. The number of benzene rings is 1. The third-order valence-electron chi connectivity index (χ3n) is 1.97. The Hall–Kier alpha value is -2.06. The normalized spacial score (nSPS) is 9.12. The van der Waals surface area contributed by atoms with E-state index in [2.05, 4.69) is 17.2 Å². The highest BCUT2D eigenvalue weighted by atomic mass is 16.6. The van der Waals surface area contributed by atoms with Crippen LogP contribution in [0.1, 0.15) is 12.0 Å². The predicted molar refractivity (Wildman–Crippen MR) is 63.2 cm³/mol. The summed E-state index contributed by atoms with van der Waals surface area (Å²) in [6.45, 7) is 0.490. The van der Waals surface area contributed by atoms with E-state index >= 15 is 0 Å². The monoisotopic (exact) mass is 219 g/mol. The molecular weight excluding hydrogens is 206 g/mol. The van der Waals surface area contributed by atoms with Gasteiger partial charge in [0.25, 0.3) is 5.69 Å². The Balaban J connectivity index is 3.04. The molecule has 0 heterocycles. The molecular formula is C11H13N3O2. The molecule has 0 saturated carbocycles. The Morgan fingerprint density at radius 1 is 1.56 bits per heavy atom. The summed E-state index contributed by atoms with van der Waals surface area (Å²) in [6.07, 6.45) is 0.585. The van der Waals surface area contributed by atoms with Gasteiger partial charge in [-0.25, -0.2) is 0 Å². The first-order valence-electron chi connectivity index (χ1n) is 4.84. The van der Waals surface area contributed by atoms with Gasteiger partial charge in [-0.3, -0.25) is 10.1 Å². The maximum Gasteiger partial charge on any atom is 0.293 e. The predicted octanol–water partition coefficient (Wildman–Crippen LogP) is 1.34. The van der Waals surface area contributed by atoms with Gasteiger partial charge in [-0.05, 0) is 12.1 Å². The van der Waals surface area contributed by atoms with Crippen molar-refractivity contribution in [3.63, 3.8) is 0 Å². The lowest BCUT2D eigenvalue weighted by Gasteiger charge is -2.01. The van der Waals surface area contributed by atoms with Crippen LogP contribution in [0.4, 0.5) is 11.4 Å². The molecule has 84 valence electrons. The van der Waals surface area contributed by atoms with Crippen LogP contribution in [-0.4, -0.2) is 18.5 Å². The van der Waals surface area contributed by atoms with E-state index in [1.165, 1.54) is 6.07 Å². The van der Waals surface area contributed by atoms with E-state index in [9.17, 15) is 10.1 Å². The highest BCUT2D eigenvalue weighted by Crippen LogP contribution is 2.24. The fourth-order valence-electron chi connectivity index (χ4n) is 1.21. The van der Waals surface area contributed by atoms with Crippen molar-refractivity contribution in [2.75, 3.05) is 18.9 Å². The molecule has 3 N–H and O–H groups in total. The summed E-state index contributed by atoms with van der Waals surface area (Å²) in [5, 5.41) is 13.5. The van der Waals surface area contributed by atoms with Gasteiger partial charge in [0.2, 0.25) is 0 Å². The zero-order valence-corrected chi connectivity index (χ0v) is 8.99. The molecule has 16 heavy (non-hydrogen) atoms. The summed E-state index contributed by atoms with van der Waals surface area (Å²) >= 11 is 0. The van der Waals surface area contributed by atoms with Gasteiger partial charge in [0, 0.05) is 31.6 Å². The van der Waals surface area contributed by atoms with Crippen LogP contribution < -0.4 is 11.1 Å². The first-order valence-corrected chi connectivity index (χ1v) is 4.84. The maximum absolute atomic E-state index is 10.8. The number of nitrogens with two attached hydrogens (primary N) is 1. The van der Waals surface area contributed by atoms with Gasteiger partial charge in [0.1, 0.15) is 5.69 Å². The molecule has 1 aromatic carbocycles. The molecule has 1 aromatic rings. The maximum atomic E-state index is 10.8. The van der Waals surface area contributed by atoms with Crippen molar-refractivity contribution >= 4 is 11.4 Å². The highest BCUT2D eigenvalue weighted by molar-refractivity contribution is 5.64. The third-order valence-corrected chi connectivity index (χ3v) is 1.97. The second-order valence-electron chi connectivity index (χ2n) is 3.08. The van der Waals surface area contributed by atoms with Gasteiger partial charge in [0.15, 0.2) is 0 Å². The lowest BCUT2D eigenvalue weighted by atomic mass is 10.1. The molecule has 0 aliphatic heterocycles. The van der Waals surface area contributed by atoms with Crippen LogP contribution >= 0.6 is 0 Å². The topological polar surface area (TPSA) is 81.2 Å².